The number of hydrogen-bond acceptors (Lipinski definition) is 3. The Morgan fingerprint density at radius 2 is 1.89 bits per heavy atom. The van der Waals surface area contributed by atoms with Crippen LogP contribution in [-0.4, -0.2) is 28.9 Å². The molecule has 0 bridgehead atoms. The first-order valence-corrected chi connectivity index (χ1v) is 10.5. The zero-order chi connectivity index (χ0) is 19.3. The number of hydrogen-bond donors (Lipinski definition) is 0. The van der Waals surface area contributed by atoms with Gasteiger partial charge in [-0.05, 0) is 24.1 Å². The number of rotatable bonds is 14. The van der Waals surface area contributed by atoms with Crippen molar-refractivity contribution in [1.29, 1.82) is 0 Å². The second-order valence-corrected chi connectivity index (χ2v) is 7.60. The summed E-state index contributed by atoms with van der Waals surface area (Å²) in [6.07, 6.45) is 13.0. The fourth-order valence-corrected chi connectivity index (χ4v) is 3.15. The summed E-state index contributed by atoms with van der Waals surface area (Å²) >= 11 is 12.1. The minimum absolute atomic E-state index is 0.0475. The molecular weight excluding hydrogens is 383 g/mol. The molecule has 4 nitrogen and oxygen atoms in total. The SMILES string of the molecule is CCCCCCCCOCC(Cn1ccnc1)OCc1ccc(Cl)c(Cl)c1. The van der Waals surface area contributed by atoms with Gasteiger partial charge in [0.15, 0.2) is 0 Å². The zero-order valence-electron chi connectivity index (χ0n) is 16.1. The van der Waals surface area contributed by atoms with Crippen LogP contribution < -0.4 is 0 Å². The minimum Gasteiger partial charge on any atom is -0.379 e. The fourth-order valence-electron chi connectivity index (χ4n) is 2.83. The molecule has 0 aliphatic heterocycles. The summed E-state index contributed by atoms with van der Waals surface area (Å²) in [7, 11) is 0. The van der Waals surface area contributed by atoms with Crippen LogP contribution in [-0.2, 0) is 22.6 Å². The lowest BCUT2D eigenvalue weighted by Gasteiger charge is -2.19. The van der Waals surface area contributed by atoms with Gasteiger partial charge >= 0.3 is 0 Å². The van der Waals surface area contributed by atoms with Crippen molar-refractivity contribution in [2.75, 3.05) is 13.2 Å². The van der Waals surface area contributed by atoms with Gasteiger partial charge in [0, 0.05) is 19.0 Å². The Balaban J connectivity index is 1.74. The highest BCUT2D eigenvalue weighted by atomic mass is 35.5. The summed E-state index contributed by atoms with van der Waals surface area (Å²) in [6.45, 7) is 4.76. The van der Waals surface area contributed by atoms with Crippen molar-refractivity contribution in [3.63, 3.8) is 0 Å². The predicted molar refractivity (Wildman–Crippen MR) is 111 cm³/mol. The highest BCUT2D eigenvalue weighted by Crippen LogP contribution is 2.23. The number of benzene rings is 1. The van der Waals surface area contributed by atoms with Crippen LogP contribution in [0.2, 0.25) is 10.0 Å². The quantitative estimate of drug-likeness (QED) is 0.349. The molecule has 0 fully saturated rings. The zero-order valence-corrected chi connectivity index (χ0v) is 17.6. The lowest BCUT2D eigenvalue weighted by atomic mass is 10.1. The molecule has 0 spiro atoms. The first-order valence-electron chi connectivity index (χ1n) is 9.78. The molecular formula is C21H30Cl2N2O2. The molecule has 0 N–H and O–H groups in total. The van der Waals surface area contributed by atoms with Gasteiger partial charge in [-0.2, -0.15) is 0 Å². The summed E-state index contributed by atoms with van der Waals surface area (Å²) in [5.74, 6) is 0. The third kappa shape index (κ3) is 9.11. The van der Waals surface area contributed by atoms with Gasteiger partial charge in [-0.25, -0.2) is 4.98 Å². The van der Waals surface area contributed by atoms with Crippen molar-refractivity contribution in [2.24, 2.45) is 0 Å². The number of ether oxygens (including phenoxy) is 2. The maximum absolute atomic E-state index is 6.08. The molecule has 2 rings (SSSR count). The van der Waals surface area contributed by atoms with Gasteiger partial charge in [0.25, 0.3) is 0 Å². The molecule has 6 heteroatoms. The molecule has 150 valence electrons. The molecule has 0 aliphatic rings. The van der Waals surface area contributed by atoms with Crippen LogP contribution in [0.1, 0.15) is 51.0 Å². The third-order valence-corrected chi connectivity index (χ3v) is 5.13. The monoisotopic (exact) mass is 412 g/mol. The van der Waals surface area contributed by atoms with Crippen LogP contribution in [0.25, 0.3) is 0 Å². The van der Waals surface area contributed by atoms with E-state index in [1.54, 1.807) is 18.6 Å². The van der Waals surface area contributed by atoms with E-state index >= 15 is 0 Å². The van der Waals surface area contributed by atoms with Crippen molar-refractivity contribution >= 4 is 23.2 Å². The standard InChI is InChI=1S/C21H30Cl2N2O2/c1-2-3-4-5-6-7-12-26-16-19(14-25-11-10-24-17-25)27-15-18-8-9-20(22)21(23)13-18/h8-11,13,17,19H,2-7,12,14-16H2,1H3. The molecule has 1 atom stereocenters. The Bertz CT molecular complexity index is 635. The van der Waals surface area contributed by atoms with Gasteiger partial charge in [-0.15, -0.1) is 0 Å². The molecule has 2 aromatic rings. The normalized spacial score (nSPS) is 12.4. The van der Waals surface area contributed by atoms with Gasteiger partial charge in [0.05, 0.1) is 42.2 Å². The number of unbranched alkanes of at least 4 members (excludes halogenated alkanes) is 5. The van der Waals surface area contributed by atoms with Crippen LogP contribution in [0.5, 0.6) is 0 Å². The van der Waals surface area contributed by atoms with E-state index in [1.165, 1.54) is 32.1 Å². The maximum Gasteiger partial charge on any atom is 0.0991 e. The third-order valence-electron chi connectivity index (χ3n) is 4.39. The van der Waals surface area contributed by atoms with Crippen molar-refractivity contribution in [2.45, 2.75) is 64.7 Å². The highest BCUT2D eigenvalue weighted by molar-refractivity contribution is 6.42. The van der Waals surface area contributed by atoms with E-state index < -0.39 is 0 Å². The van der Waals surface area contributed by atoms with E-state index in [0.717, 1.165) is 18.6 Å². The molecule has 0 saturated carbocycles. The number of nitrogens with zero attached hydrogens (tertiary/aromatic N) is 2. The minimum atomic E-state index is -0.0475. The van der Waals surface area contributed by atoms with E-state index in [2.05, 4.69) is 11.9 Å². The van der Waals surface area contributed by atoms with E-state index in [-0.39, 0.29) is 6.10 Å². The molecule has 1 aromatic carbocycles. The van der Waals surface area contributed by atoms with Crippen molar-refractivity contribution in [3.05, 3.63) is 52.5 Å². The van der Waals surface area contributed by atoms with Crippen LogP contribution in [0.4, 0.5) is 0 Å². The molecule has 0 saturated heterocycles. The Hall–Kier alpha value is -1.07. The smallest absolute Gasteiger partial charge is 0.0991 e. The molecule has 0 amide bonds. The van der Waals surface area contributed by atoms with Gasteiger partial charge in [0.1, 0.15) is 0 Å². The molecule has 0 radical (unpaired) electrons. The first kappa shape index (κ1) is 22.2. The van der Waals surface area contributed by atoms with Crippen LogP contribution >= 0.6 is 23.2 Å². The Kier molecular flexibility index (Phi) is 10.8. The summed E-state index contributed by atoms with van der Waals surface area (Å²) in [5, 5.41) is 1.10. The van der Waals surface area contributed by atoms with Crippen molar-refractivity contribution < 1.29 is 9.47 Å². The van der Waals surface area contributed by atoms with Gasteiger partial charge in [-0.3, -0.25) is 0 Å². The Morgan fingerprint density at radius 3 is 2.63 bits per heavy atom. The first-order chi connectivity index (χ1) is 13.2. The van der Waals surface area contributed by atoms with E-state index in [4.69, 9.17) is 32.7 Å². The van der Waals surface area contributed by atoms with Crippen LogP contribution in [0.15, 0.2) is 36.9 Å². The van der Waals surface area contributed by atoms with Gasteiger partial charge in [-0.1, -0.05) is 68.3 Å². The highest BCUT2D eigenvalue weighted by Gasteiger charge is 2.11. The molecule has 1 aromatic heterocycles. The lowest BCUT2D eigenvalue weighted by molar-refractivity contribution is -0.0333. The van der Waals surface area contributed by atoms with E-state index in [1.807, 2.05) is 22.9 Å². The fraction of sp³-hybridized carbons (Fsp3) is 0.571. The van der Waals surface area contributed by atoms with Crippen LogP contribution in [0.3, 0.4) is 0 Å². The van der Waals surface area contributed by atoms with E-state index in [9.17, 15) is 0 Å². The predicted octanol–water partition coefficient (Wildman–Crippen LogP) is 6.15. The second-order valence-electron chi connectivity index (χ2n) is 6.78. The lowest BCUT2D eigenvalue weighted by Crippen LogP contribution is -2.25. The maximum atomic E-state index is 6.08. The summed E-state index contributed by atoms with van der Waals surface area (Å²) in [5.41, 5.74) is 0.996. The van der Waals surface area contributed by atoms with Gasteiger partial charge in [0.2, 0.25) is 0 Å². The average molecular weight is 413 g/mol. The van der Waals surface area contributed by atoms with Crippen molar-refractivity contribution in [1.82, 2.24) is 9.55 Å². The number of aromatic nitrogens is 2. The molecule has 0 aliphatic carbocycles. The Labute approximate surface area is 172 Å². The number of imidazole rings is 1. The molecule has 27 heavy (non-hydrogen) atoms. The largest absolute Gasteiger partial charge is 0.379 e. The van der Waals surface area contributed by atoms with Crippen LogP contribution in [0, 0.1) is 0 Å². The number of halogens is 2. The second kappa shape index (κ2) is 13.2. The summed E-state index contributed by atoms with van der Waals surface area (Å²) in [4.78, 5) is 4.09. The van der Waals surface area contributed by atoms with Crippen molar-refractivity contribution in [3.8, 4) is 0 Å². The average Bonchev–Trinajstić information content (AvgIpc) is 3.17. The van der Waals surface area contributed by atoms with Gasteiger partial charge < -0.3 is 14.0 Å². The molecule has 1 heterocycles. The summed E-state index contributed by atoms with van der Waals surface area (Å²) < 4.78 is 14.0. The summed E-state index contributed by atoms with van der Waals surface area (Å²) in [6, 6.07) is 5.57. The Morgan fingerprint density at radius 1 is 1.07 bits per heavy atom. The molecule has 1 unspecified atom stereocenters. The topological polar surface area (TPSA) is 36.3 Å². The van der Waals surface area contributed by atoms with E-state index in [0.29, 0.717) is 29.8 Å².